The molecule has 0 N–H and O–H groups in total. The number of hydrogen-bond acceptors (Lipinski definition) is 3. The third-order valence-corrected chi connectivity index (χ3v) is 12.8. The van der Waals surface area contributed by atoms with E-state index in [1.54, 1.807) is 0 Å². The second-order valence-electron chi connectivity index (χ2n) is 16.5. The molecule has 0 aliphatic carbocycles. The van der Waals surface area contributed by atoms with Gasteiger partial charge in [0.05, 0.1) is 22.1 Å². The van der Waals surface area contributed by atoms with E-state index in [0.29, 0.717) is 0 Å². The van der Waals surface area contributed by atoms with E-state index in [2.05, 4.69) is 222 Å². The number of furan rings is 2. The third kappa shape index (κ3) is 5.77. The van der Waals surface area contributed by atoms with Gasteiger partial charge in [0.1, 0.15) is 22.3 Å². The Labute approximate surface area is 369 Å². The molecule has 0 unspecified atom stereocenters. The highest BCUT2D eigenvalue weighted by Gasteiger charge is 2.21. The van der Waals surface area contributed by atoms with Crippen LogP contribution in [0.25, 0.3) is 105 Å². The fourth-order valence-electron chi connectivity index (χ4n) is 9.81. The van der Waals surface area contributed by atoms with Gasteiger partial charge in [-0.05, 0) is 113 Å². The van der Waals surface area contributed by atoms with E-state index in [4.69, 9.17) is 8.83 Å². The summed E-state index contributed by atoms with van der Waals surface area (Å²) in [5.41, 5.74) is 17.1. The summed E-state index contributed by atoms with van der Waals surface area (Å²) in [6.07, 6.45) is 0. The molecule has 0 aliphatic rings. The maximum Gasteiger partial charge on any atom is 0.143 e. The van der Waals surface area contributed by atoms with Crippen LogP contribution in [0.1, 0.15) is 0 Å². The Morgan fingerprint density at radius 2 is 0.891 bits per heavy atom. The molecule has 13 rings (SSSR count). The van der Waals surface area contributed by atoms with Crippen LogP contribution < -0.4 is 4.90 Å². The molecule has 64 heavy (non-hydrogen) atoms. The number of rotatable bonds is 7. The standard InChI is InChI=1S/C60H38N2O2/c1-3-13-41(14-4-1)47-19-11-20-49-52-38-43(30-36-57(52)64-60(47)49)40-27-33-46(34-28-40)61(55-22-12-24-58-59(55)50-18-8-10-23-56(50)63-58)45-31-25-39(26-32-45)42-29-35-54-51(37-42)48-17-7-9-21-53(48)62(54)44-15-5-2-6-16-44/h1-38H. The molecule has 4 heteroatoms. The molecule has 0 amide bonds. The molecule has 3 heterocycles. The van der Waals surface area contributed by atoms with Crippen molar-refractivity contribution in [3.05, 3.63) is 231 Å². The Kier molecular flexibility index (Phi) is 8.18. The summed E-state index contributed by atoms with van der Waals surface area (Å²) in [5.74, 6) is 0. The highest BCUT2D eigenvalue weighted by molar-refractivity contribution is 6.14. The number of aromatic nitrogens is 1. The molecule has 13 aromatic rings. The summed E-state index contributed by atoms with van der Waals surface area (Å²) in [6, 6.07) is 82.1. The Bertz CT molecular complexity index is 3880. The molecular weight excluding hydrogens is 781 g/mol. The molecular formula is C60H38N2O2. The van der Waals surface area contributed by atoms with Crippen molar-refractivity contribution in [1.29, 1.82) is 0 Å². The second-order valence-corrected chi connectivity index (χ2v) is 16.5. The third-order valence-electron chi connectivity index (χ3n) is 12.8. The Morgan fingerprint density at radius 3 is 1.66 bits per heavy atom. The van der Waals surface area contributed by atoms with Crippen LogP contribution in [0.2, 0.25) is 0 Å². The molecule has 0 fully saturated rings. The molecule has 0 saturated carbocycles. The van der Waals surface area contributed by atoms with Crippen molar-refractivity contribution in [2.24, 2.45) is 0 Å². The van der Waals surface area contributed by atoms with Gasteiger partial charge in [-0.25, -0.2) is 0 Å². The SMILES string of the molecule is c1ccc(-c2cccc3c2oc2ccc(-c4ccc(N(c5ccc(-c6ccc7c(c6)c6ccccc6n7-c6ccccc6)cc5)c5cccc6oc7ccccc7c56)cc4)cc23)cc1. The van der Waals surface area contributed by atoms with Crippen LogP contribution in [-0.2, 0) is 0 Å². The van der Waals surface area contributed by atoms with Gasteiger partial charge in [-0.1, -0.05) is 146 Å². The number of nitrogens with zero attached hydrogens (tertiary/aromatic N) is 2. The highest BCUT2D eigenvalue weighted by Crippen LogP contribution is 2.45. The first kappa shape index (κ1) is 36.1. The van der Waals surface area contributed by atoms with E-state index in [-0.39, 0.29) is 0 Å². The summed E-state index contributed by atoms with van der Waals surface area (Å²) in [4.78, 5) is 2.35. The van der Waals surface area contributed by atoms with Crippen molar-refractivity contribution in [2.75, 3.05) is 4.90 Å². The average molecular weight is 819 g/mol. The fraction of sp³-hybridized carbons (Fsp3) is 0. The molecule has 3 aromatic heterocycles. The van der Waals surface area contributed by atoms with E-state index < -0.39 is 0 Å². The summed E-state index contributed by atoms with van der Waals surface area (Å²) in [6.45, 7) is 0. The van der Waals surface area contributed by atoms with Gasteiger partial charge in [-0.3, -0.25) is 0 Å². The zero-order chi connectivity index (χ0) is 42.1. The van der Waals surface area contributed by atoms with Crippen molar-refractivity contribution in [3.8, 4) is 39.1 Å². The number of hydrogen-bond donors (Lipinski definition) is 0. The number of para-hydroxylation sites is 4. The molecule has 4 nitrogen and oxygen atoms in total. The first-order chi connectivity index (χ1) is 31.7. The predicted molar refractivity (Wildman–Crippen MR) is 266 cm³/mol. The van der Waals surface area contributed by atoms with Crippen LogP contribution in [-0.4, -0.2) is 4.57 Å². The summed E-state index contributed by atoms with van der Waals surface area (Å²) in [5, 5.41) is 6.87. The van der Waals surface area contributed by atoms with E-state index in [0.717, 1.165) is 94.4 Å². The van der Waals surface area contributed by atoms with Gasteiger partial charge in [-0.15, -0.1) is 0 Å². The lowest BCUT2D eigenvalue weighted by Crippen LogP contribution is -2.10. The van der Waals surface area contributed by atoms with Crippen molar-refractivity contribution < 1.29 is 8.83 Å². The zero-order valence-electron chi connectivity index (χ0n) is 34.7. The number of anilines is 3. The molecule has 0 saturated heterocycles. The van der Waals surface area contributed by atoms with Crippen LogP contribution in [0, 0.1) is 0 Å². The average Bonchev–Trinajstić information content (AvgIpc) is 4.05. The van der Waals surface area contributed by atoms with Gasteiger partial charge in [0, 0.05) is 49.6 Å². The number of fused-ring (bicyclic) bond motifs is 9. The molecule has 0 aliphatic heterocycles. The van der Waals surface area contributed by atoms with Crippen LogP contribution in [0.15, 0.2) is 239 Å². The van der Waals surface area contributed by atoms with E-state index >= 15 is 0 Å². The predicted octanol–water partition coefficient (Wildman–Crippen LogP) is 17.1. The van der Waals surface area contributed by atoms with Crippen LogP contribution >= 0.6 is 0 Å². The smallest absolute Gasteiger partial charge is 0.143 e. The maximum absolute atomic E-state index is 6.51. The summed E-state index contributed by atoms with van der Waals surface area (Å²) < 4.78 is 15.3. The van der Waals surface area contributed by atoms with Crippen molar-refractivity contribution in [3.63, 3.8) is 0 Å². The minimum atomic E-state index is 0.857. The fourth-order valence-corrected chi connectivity index (χ4v) is 9.81. The summed E-state index contributed by atoms with van der Waals surface area (Å²) >= 11 is 0. The van der Waals surface area contributed by atoms with E-state index in [9.17, 15) is 0 Å². The first-order valence-corrected chi connectivity index (χ1v) is 21.7. The van der Waals surface area contributed by atoms with Crippen molar-refractivity contribution in [1.82, 2.24) is 4.57 Å². The van der Waals surface area contributed by atoms with E-state index in [1.165, 1.54) is 27.4 Å². The van der Waals surface area contributed by atoms with Crippen LogP contribution in [0.4, 0.5) is 17.1 Å². The lowest BCUT2D eigenvalue weighted by molar-refractivity contribution is 0.669. The van der Waals surface area contributed by atoms with Gasteiger partial charge in [0.2, 0.25) is 0 Å². The number of benzene rings is 10. The normalized spacial score (nSPS) is 11.8. The minimum Gasteiger partial charge on any atom is -0.456 e. The first-order valence-electron chi connectivity index (χ1n) is 21.7. The molecule has 0 bridgehead atoms. The van der Waals surface area contributed by atoms with Gasteiger partial charge in [-0.2, -0.15) is 0 Å². The quantitative estimate of drug-likeness (QED) is 0.161. The van der Waals surface area contributed by atoms with Gasteiger partial charge in [0.15, 0.2) is 0 Å². The van der Waals surface area contributed by atoms with Crippen LogP contribution in [0.5, 0.6) is 0 Å². The van der Waals surface area contributed by atoms with E-state index in [1.807, 2.05) is 18.2 Å². The summed E-state index contributed by atoms with van der Waals surface area (Å²) in [7, 11) is 0. The minimum absolute atomic E-state index is 0.857. The van der Waals surface area contributed by atoms with Crippen molar-refractivity contribution >= 4 is 82.7 Å². The molecule has 0 spiro atoms. The van der Waals surface area contributed by atoms with Gasteiger partial charge < -0.3 is 18.3 Å². The largest absolute Gasteiger partial charge is 0.456 e. The maximum atomic E-state index is 6.51. The molecule has 10 aromatic carbocycles. The van der Waals surface area contributed by atoms with Gasteiger partial charge in [0.25, 0.3) is 0 Å². The highest BCUT2D eigenvalue weighted by atomic mass is 16.3. The van der Waals surface area contributed by atoms with Gasteiger partial charge >= 0.3 is 0 Å². The lowest BCUT2D eigenvalue weighted by atomic mass is 9.99. The second kappa shape index (κ2) is 14.5. The van der Waals surface area contributed by atoms with Crippen LogP contribution in [0.3, 0.4) is 0 Å². The monoisotopic (exact) mass is 818 g/mol. The topological polar surface area (TPSA) is 34.5 Å². The Balaban J connectivity index is 0.907. The lowest BCUT2D eigenvalue weighted by Gasteiger charge is -2.26. The zero-order valence-corrected chi connectivity index (χ0v) is 34.7. The molecule has 0 atom stereocenters. The Morgan fingerprint density at radius 1 is 0.328 bits per heavy atom. The Hall–Kier alpha value is -8.60. The van der Waals surface area contributed by atoms with Crippen molar-refractivity contribution in [2.45, 2.75) is 0 Å². The molecule has 300 valence electrons. The molecule has 0 radical (unpaired) electrons.